The number of rotatable bonds is 4. The molecule has 4 heterocycles. The van der Waals surface area contributed by atoms with Crippen molar-refractivity contribution in [1.29, 1.82) is 0 Å². The predicted molar refractivity (Wildman–Crippen MR) is 176 cm³/mol. The first-order valence-electron chi connectivity index (χ1n) is 15.0. The molecule has 1 N–H and O–H groups in total. The van der Waals surface area contributed by atoms with E-state index in [1.165, 1.54) is 50.6 Å². The van der Waals surface area contributed by atoms with Crippen LogP contribution in [-0.2, 0) is 25.9 Å². The number of benzene rings is 2. The van der Waals surface area contributed by atoms with E-state index >= 15 is 4.79 Å². The van der Waals surface area contributed by atoms with Gasteiger partial charge in [-0.2, -0.15) is 0 Å². The Hall–Kier alpha value is -5.30. The second kappa shape index (κ2) is 10.6. The topological polar surface area (TPSA) is 149 Å². The first kappa shape index (κ1) is 31.3. The average Bonchev–Trinajstić information content (AvgIpc) is 3.40. The molecule has 0 saturated heterocycles. The molecule has 0 unspecified atom stereocenters. The molecule has 48 heavy (non-hydrogen) atoms. The number of hydrogen-bond acceptors (Lipinski definition) is 10. The summed E-state index contributed by atoms with van der Waals surface area (Å²) in [6.07, 6.45) is 0.0856. The molecular weight excluding hydrogens is 644 g/mol. The van der Waals surface area contributed by atoms with Crippen molar-refractivity contribution >= 4 is 39.9 Å². The van der Waals surface area contributed by atoms with Crippen LogP contribution in [0.2, 0.25) is 5.02 Å². The zero-order chi connectivity index (χ0) is 34.6. The van der Waals surface area contributed by atoms with Gasteiger partial charge in [0.05, 0.1) is 38.3 Å². The van der Waals surface area contributed by atoms with E-state index in [-0.39, 0.29) is 56.8 Å². The van der Waals surface area contributed by atoms with Crippen molar-refractivity contribution in [2.75, 3.05) is 26.6 Å². The number of carbonyl (C=O) groups is 2. The third-order valence-electron chi connectivity index (χ3n) is 9.85. The van der Waals surface area contributed by atoms with Crippen LogP contribution >= 0.6 is 11.6 Å². The molecule has 1 aliphatic carbocycles. The molecule has 0 bridgehead atoms. The van der Waals surface area contributed by atoms with Crippen molar-refractivity contribution in [3.05, 3.63) is 94.5 Å². The van der Waals surface area contributed by atoms with Gasteiger partial charge in [-0.15, -0.1) is 0 Å². The minimum Gasteiger partial charge on any atom is -0.497 e. The molecule has 0 saturated carbocycles. The van der Waals surface area contributed by atoms with Gasteiger partial charge in [-0.05, 0) is 30.0 Å². The molecule has 2 aromatic heterocycles. The quantitative estimate of drug-likeness (QED) is 0.320. The summed E-state index contributed by atoms with van der Waals surface area (Å²) >= 11 is 6.64. The van der Waals surface area contributed by atoms with Gasteiger partial charge in [-0.3, -0.25) is 28.3 Å². The lowest BCUT2D eigenvalue weighted by Crippen LogP contribution is -2.58. The van der Waals surface area contributed by atoms with Gasteiger partial charge in [0, 0.05) is 56.0 Å². The van der Waals surface area contributed by atoms with E-state index in [2.05, 4.69) is 5.32 Å². The molecule has 1 spiro atoms. The van der Waals surface area contributed by atoms with Crippen LogP contribution in [-0.4, -0.2) is 52.2 Å². The normalized spacial score (nSPS) is 21.1. The van der Waals surface area contributed by atoms with Gasteiger partial charge in [0.1, 0.15) is 33.7 Å². The molecule has 13 nitrogen and oxygen atoms in total. The average molecular weight is 675 g/mol. The number of anilines is 1. The molecule has 3 atom stereocenters. The SMILES string of the molecule is COc1ccc2cc([C@@H]3C4=C(C[C@@H](C)[C@]5(Oc6c(Cl)c(OC)cc(OC)c6C5=O)C4=O)Nc4c3c(=O)n(C)c(=O)n4C)c(=O)n(C)c2c1. The number of fused-ring (bicyclic) bond motifs is 3. The Labute approximate surface area is 277 Å². The summed E-state index contributed by atoms with van der Waals surface area (Å²) in [5.41, 5.74) is -2.89. The van der Waals surface area contributed by atoms with Gasteiger partial charge >= 0.3 is 5.69 Å². The number of pyridine rings is 1. The van der Waals surface area contributed by atoms with E-state index in [1.807, 2.05) is 0 Å². The molecule has 0 fully saturated rings. The van der Waals surface area contributed by atoms with E-state index in [1.54, 1.807) is 38.2 Å². The molecule has 3 aliphatic rings. The summed E-state index contributed by atoms with van der Waals surface area (Å²) in [6, 6.07) is 8.28. The second-order valence-electron chi connectivity index (χ2n) is 12.2. The fourth-order valence-corrected chi connectivity index (χ4v) is 7.57. The van der Waals surface area contributed by atoms with Crippen molar-refractivity contribution in [2.24, 2.45) is 27.1 Å². The molecule has 0 radical (unpaired) electrons. The molecule has 7 rings (SSSR count). The Morgan fingerprint density at radius 3 is 2.25 bits per heavy atom. The molecule has 0 amide bonds. The lowest BCUT2D eigenvalue weighted by atomic mass is 9.66. The number of ketones is 2. The van der Waals surface area contributed by atoms with Gasteiger partial charge in [0.25, 0.3) is 11.1 Å². The number of aryl methyl sites for hydroxylation is 1. The Bertz CT molecular complexity index is 2370. The Kier molecular flexibility index (Phi) is 6.92. The maximum absolute atomic E-state index is 15.2. The summed E-state index contributed by atoms with van der Waals surface area (Å²) in [5.74, 6) is -2.54. The van der Waals surface area contributed by atoms with Gasteiger partial charge in [-0.1, -0.05) is 18.5 Å². The second-order valence-corrected chi connectivity index (χ2v) is 12.6. The number of nitrogens with zero attached hydrogens (tertiary/aromatic N) is 3. The molecular formula is C34H31ClN4O9. The van der Waals surface area contributed by atoms with Crippen molar-refractivity contribution in [1.82, 2.24) is 13.7 Å². The number of ether oxygens (including phenoxy) is 4. The zero-order valence-corrected chi connectivity index (χ0v) is 27.9. The summed E-state index contributed by atoms with van der Waals surface area (Å²) < 4.78 is 26.2. The highest BCUT2D eigenvalue weighted by Gasteiger charge is 2.64. The standard InChI is InChI=1S/C34H31ClN4O9/c1-14-10-18-23(28(40)34(14)29(41)24-20(46-6)13-21(47-7)26(35)27(24)48-34)22(25-30(36-18)38(3)33(44)39(4)32(25)43)17-11-15-8-9-16(45-5)12-19(15)37(2)31(17)42/h8-9,11-14,22,36H,10H2,1-7H3/t14-,22-,34+/m1/s1. The maximum Gasteiger partial charge on any atom is 0.332 e. The maximum atomic E-state index is 15.2. The summed E-state index contributed by atoms with van der Waals surface area (Å²) in [5, 5.41) is 3.79. The number of carbonyl (C=O) groups excluding carboxylic acids is 2. The number of aromatic nitrogens is 3. The summed E-state index contributed by atoms with van der Waals surface area (Å²) in [4.78, 5) is 71.1. The van der Waals surface area contributed by atoms with Crippen LogP contribution in [0, 0.1) is 5.92 Å². The largest absolute Gasteiger partial charge is 0.497 e. The Morgan fingerprint density at radius 2 is 1.58 bits per heavy atom. The third-order valence-corrected chi connectivity index (χ3v) is 10.2. The predicted octanol–water partition coefficient (Wildman–Crippen LogP) is 3.05. The van der Waals surface area contributed by atoms with Crippen molar-refractivity contribution in [2.45, 2.75) is 24.9 Å². The molecule has 2 aromatic carbocycles. The lowest BCUT2D eigenvalue weighted by Gasteiger charge is -2.42. The number of hydrogen-bond donors (Lipinski definition) is 1. The molecule has 14 heteroatoms. The van der Waals surface area contributed by atoms with E-state index in [4.69, 9.17) is 30.5 Å². The number of Topliss-reactive ketones (excluding diaryl/α,β-unsaturated/α-hetero) is 2. The number of halogens is 1. The zero-order valence-electron chi connectivity index (χ0n) is 27.1. The van der Waals surface area contributed by atoms with Gasteiger partial charge < -0.3 is 28.8 Å². The highest BCUT2D eigenvalue weighted by molar-refractivity contribution is 6.36. The van der Waals surface area contributed by atoms with E-state index in [0.717, 1.165) is 4.57 Å². The van der Waals surface area contributed by atoms with Crippen LogP contribution in [0.5, 0.6) is 23.0 Å². The molecule has 248 valence electrons. The minimum absolute atomic E-state index is 0.00149. The highest BCUT2D eigenvalue weighted by atomic mass is 35.5. The van der Waals surface area contributed by atoms with Crippen LogP contribution in [0.15, 0.2) is 56.0 Å². The lowest BCUT2D eigenvalue weighted by molar-refractivity contribution is -0.130. The Balaban J connectivity index is 1.53. The van der Waals surface area contributed by atoms with Gasteiger partial charge in [0.2, 0.25) is 17.2 Å². The molecule has 4 aromatic rings. The fourth-order valence-electron chi connectivity index (χ4n) is 7.30. The van der Waals surface area contributed by atoms with E-state index in [9.17, 15) is 19.2 Å². The summed E-state index contributed by atoms with van der Waals surface area (Å²) in [6.45, 7) is 1.70. The minimum atomic E-state index is -2.11. The van der Waals surface area contributed by atoms with Gasteiger partial charge in [-0.25, -0.2) is 4.79 Å². The third kappa shape index (κ3) is 3.87. The molecule has 2 aliphatic heterocycles. The Morgan fingerprint density at radius 1 is 0.875 bits per heavy atom. The van der Waals surface area contributed by atoms with Crippen LogP contribution in [0.3, 0.4) is 0 Å². The van der Waals surface area contributed by atoms with Crippen molar-refractivity contribution in [3.63, 3.8) is 0 Å². The fraction of sp³-hybridized carbons (Fsp3) is 0.324. The first-order valence-corrected chi connectivity index (χ1v) is 15.4. The van der Waals surface area contributed by atoms with Gasteiger partial charge in [0.15, 0.2) is 5.75 Å². The smallest absolute Gasteiger partial charge is 0.332 e. The van der Waals surface area contributed by atoms with Crippen LogP contribution < -0.4 is 41.1 Å². The van der Waals surface area contributed by atoms with E-state index < -0.39 is 45.8 Å². The monoisotopic (exact) mass is 674 g/mol. The van der Waals surface area contributed by atoms with Crippen molar-refractivity contribution < 1.29 is 28.5 Å². The highest BCUT2D eigenvalue weighted by Crippen LogP contribution is 2.56. The first-order chi connectivity index (χ1) is 22.8. The van der Waals surface area contributed by atoms with Crippen molar-refractivity contribution in [3.8, 4) is 23.0 Å². The van der Waals surface area contributed by atoms with E-state index in [0.29, 0.717) is 22.3 Å². The number of nitrogens with one attached hydrogen (secondary N) is 1. The number of methoxy groups -OCH3 is 3. The number of allylic oxidation sites excluding steroid dienone is 1. The van der Waals surface area contributed by atoms with Crippen LogP contribution in [0.25, 0.3) is 10.9 Å². The summed E-state index contributed by atoms with van der Waals surface area (Å²) in [7, 11) is 8.69. The van der Waals surface area contributed by atoms with Crippen LogP contribution in [0.4, 0.5) is 5.82 Å². The van der Waals surface area contributed by atoms with Crippen LogP contribution in [0.1, 0.15) is 40.7 Å².